The molecule has 0 radical (unpaired) electrons. The van der Waals surface area contributed by atoms with Crippen molar-refractivity contribution in [1.82, 2.24) is 10.2 Å². The minimum absolute atomic E-state index is 0.128. The molecule has 23 heavy (non-hydrogen) atoms. The zero-order valence-electron chi connectivity index (χ0n) is 13.0. The molecule has 0 unspecified atom stereocenters. The number of primary amides is 1. The summed E-state index contributed by atoms with van der Waals surface area (Å²) in [6, 6.07) is 5.52. The summed E-state index contributed by atoms with van der Waals surface area (Å²) in [6.07, 6.45) is 2.28. The van der Waals surface area contributed by atoms with Crippen molar-refractivity contribution in [2.24, 2.45) is 5.73 Å². The largest absolute Gasteiger partial charge is 0.377 e. The summed E-state index contributed by atoms with van der Waals surface area (Å²) in [7, 11) is 0. The number of carbonyl (C=O) groups is 2. The molecule has 3 amide bonds. The first-order valence-corrected chi connectivity index (χ1v) is 7.70. The van der Waals surface area contributed by atoms with Gasteiger partial charge in [0.2, 0.25) is 5.91 Å². The lowest BCUT2D eigenvalue weighted by Gasteiger charge is -2.25. The van der Waals surface area contributed by atoms with Crippen molar-refractivity contribution in [2.75, 3.05) is 19.7 Å². The van der Waals surface area contributed by atoms with E-state index in [2.05, 4.69) is 0 Å². The molecule has 0 saturated carbocycles. The van der Waals surface area contributed by atoms with Gasteiger partial charge in [0, 0.05) is 32.7 Å². The zero-order valence-corrected chi connectivity index (χ0v) is 13.0. The molecular weight excluding hydrogens is 301 g/mol. The number of imide groups is 1. The van der Waals surface area contributed by atoms with Gasteiger partial charge in [-0.15, -0.1) is 0 Å². The van der Waals surface area contributed by atoms with E-state index in [1.54, 1.807) is 6.07 Å². The van der Waals surface area contributed by atoms with Gasteiger partial charge in [0.15, 0.2) is 0 Å². The molecule has 1 aromatic rings. The molecule has 6 nitrogen and oxygen atoms in total. The number of benzene rings is 1. The van der Waals surface area contributed by atoms with Crippen LogP contribution in [0.2, 0.25) is 0 Å². The minimum atomic E-state index is -0.856. The third kappa shape index (κ3) is 6.33. The van der Waals surface area contributed by atoms with Crippen molar-refractivity contribution >= 4 is 11.9 Å². The van der Waals surface area contributed by atoms with Gasteiger partial charge in [-0.25, -0.2) is 9.18 Å². The number of halogens is 1. The number of ether oxygens (including phenoxy) is 1. The van der Waals surface area contributed by atoms with Crippen LogP contribution in [0.15, 0.2) is 24.3 Å². The summed E-state index contributed by atoms with van der Waals surface area (Å²) in [4.78, 5) is 24.3. The van der Waals surface area contributed by atoms with Crippen LogP contribution >= 0.6 is 0 Å². The molecule has 1 aliphatic heterocycles. The standard InChI is InChI=1S/C16H22FN3O3/c17-13-4-1-3-12(9-13)10-20(11-14-5-2-8-23-14)7-6-15(21)19-16(18)22/h1,3-4,9,14H,2,5-8,10-11H2,(H3,18,19,21,22)/t14-/m1/s1. The van der Waals surface area contributed by atoms with E-state index in [1.165, 1.54) is 12.1 Å². The third-order valence-corrected chi connectivity index (χ3v) is 3.70. The van der Waals surface area contributed by atoms with Crippen LogP contribution in [0.3, 0.4) is 0 Å². The Morgan fingerprint density at radius 1 is 1.43 bits per heavy atom. The molecule has 0 bridgehead atoms. The Balaban J connectivity index is 1.93. The van der Waals surface area contributed by atoms with Gasteiger partial charge in [-0.05, 0) is 30.5 Å². The second-order valence-corrected chi connectivity index (χ2v) is 5.66. The summed E-state index contributed by atoms with van der Waals surface area (Å²) in [6.45, 7) is 2.37. The Morgan fingerprint density at radius 2 is 2.26 bits per heavy atom. The summed E-state index contributed by atoms with van der Waals surface area (Å²) in [5.41, 5.74) is 5.76. The number of amides is 3. The molecule has 2 rings (SSSR count). The maximum atomic E-state index is 13.3. The summed E-state index contributed by atoms with van der Waals surface area (Å²) in [5, 5.41) is 2.05. The normalized spacial score (nSPS) is 17.4. The minimum Gasteiger partial charge on any atom is -0.377 e. The predicted octanol–water partition coefficient (Wildman–Crippen LogP) is 1.39. The number of hydrogen-bond acceptors (Lipinski definition) is 4. The first-order valence-electron chi connectivity index (χ1n) is 7.70. The Bertz CT molecular complexity index is 547. The van der Waals surface area contributed by atoms with Crippen molar-refractivity contribution in [3.63, 3.8) is 0 Å². The van der Waals surface area contributed by atoms with E-state index in [0.717, 1.165) is 25.0 Å². The first kappa shape index (κ1) is 17.4. The topological polar surface area (TPSA) is 84.7 Å². The van der Waals surface area contributed by atoms with Gasteiger partial charge in [-0.1, -0.05) is 12.1 Å². The maximum Gasteiger partial charge on any atom is 0.318 e. The van der Waals surface area contributed by atoms with Crippen LogP contribution < -0.4 is 11.1 Å². The van der Waals surface area contributed by atoms with Gasteiger partial charge in [0.05, 0.1) is 6.10 Å². The van der Waals surface area contributed by atoms with Crippen LogP contribution in [0.25, 0.3) is 0 Å². The Morgan fingerprint density at radius 3 is 2.91 bits per heavy atom. The molecule has 1 aromatic carbocycles. The van der Waals surface area contributed by atoms with Crippen LogP contribution in [0.1, 0.15) is 24.8 Å². The smallest absolute Gasteiger partial charge is 0.318 e. The fourth-order valence-corrected chi connectivity index (χ4v) is 2.66. The highest BCUT2D eigenvalue weighted by molar-refractivity contribution is 5.93. The van der Waals surface area contributed by atoms with Crippen LogP contribution in [0, 0.1) is 5.82 Å². The quantitative estimate of drug-likeness (QED) is 0.794. The number of hydrogen-bond donors (Lipinski definition) is 2. The summed E-state index contributed by atoms with van der Waals surface area (Å²) >= 11 is 0. The van der Waals surface area contributed by atoms with E-state index in [0.29, 0.717) is 19.6 Å². The van der Waals surface area contributed by atoms with Crippen LogP contribution in [0.4, 0.5) is 9.18 Å². The lowest BCUT2D eigenvalue weighted by atomic mass is 10.1. The fourth-order valence-electron chi connectivity index (χ4n) is 2.66. The van der Waals surface area contributed by atoms with Gasteiger partial charge in [0.1, 0.15) is 5.82 Å². The van der Waals surface area contributed by atoms with E-state index in [1.807, 2.05) is 16.3 Å². The molecule has 7 heteroatoms. The second-order valence-electron chi connectivity index (χ2n) is 5.66. The van der Waals surface area contributed by atoms with Crippen molar-refractivity contribution in [2.45, 2.75) is 31.9 Å². The van der Waals surface area contributed by atoms with Crippen molar-refractivity contribution in [1.29, 1.82) is 0 Å². The monoisotopic (exact) mass is 323 g/mol. The predicted molar refractivity (Wildman–Crippen MR) is 83.0 cm³/mol. The molecule has 0 spiro atoms. The molecular formula is C16H22FN3O3. The Kier molecular flexibility index (Phi) is 6.49. The summed E-state index contributed by atoms with van der Waals surface area (Å²) < 4.78 is 18.9. The van der Waals surface area contributed by atoms with Crippen molar-refractivity contribution in [3.8, 4) is 0 Å². The van der Waals surface area contributed by atoms with Crippen LogP contribution in [0.5, 0.6) is 0 Å². The van der Waals surface area contributed by atoms with E-state index in [9.17, 15) is 14.0 Å². The fraction of sp³-hybridized carbons (Fsp3) is 0.500. The van der Waals surface area contributed by atoms with Crippen molar-refractivity contribution in [3.05, 3.63) is 35.6 Å². The van der Waals surface area contributed by atoms with E-state index >= 15 is 0 Å². The number of nitrogens with one attached hydrogen (secondary N) is 1. The highest BCUT2D eigenvalue weighted by atomic mass is 19.1. The molecule has 0 aromatic heterocycles. The van der Waals surface area contributed by atoms with E-state index in [4.69, 9.17) is 10.5 Å². The van der Waals surface area contributed by atoms with Crippen LogP contribution in [-0.2, 0) is 16.1 Å². The average Bonchev–Trinajstić information content (AvgIpc) is 2.97. The lowest BCUT2D eigenvalue weighted by molar-refractivity contribution is -0.120. The number of nitrogens with two attached hydrogens (primary N) is 1. The first-order chi connectivity index (χ1) is 11.0. The number of urea groups is 1. The molecule has 1 fully saturated rings. The van der Waals surface area contributed by atoms with Crippen molar-refractivity contribution < 1.29 is 18.7 Å². The van der Waals surface area contributed by atoms with Gasteiger partial charge < -0.3 is 10.5 Å². The number of rotatable bonds is 7. The highest BCUT2D eigenvalue weighted by Gasteiger charge is 2.20. The third-order valence-electron chi connectivity index (χ3n) is 3.70. The molecule has 1 aliphatic rings. The molecule has 126 valence electrons. The lowest BCUT2D eigenvalue weighted by Crippen LogP contribution is -2.38. The number of nitrogens with zero attached hydrogens (tertiary/aromatic N) is 1. The molecule has 1 heterocycles. The van der Waals surface area contributed by atoms with Gasteiger partial charge in [-0.2, -0.15) is 0 Å². The van der Waals surface area contributed by atoms with Crippen LogP contribution in [-0.4, -0.2) is 42.6 Å². The maximum absolute atomic E-state index is 13.3. The van der Waals surface area contributed by atoms with Gasteiger partial charge in [0.25, 0.3) is 0 Å². The molecule has 1 atom stereocenters. The van der Waals surface area contributed by atoms with Gasteiger partial charge in [-0.3, -0.25) is 15.0 Å². The summed E-state index contributed by atoms with van der Waals surface area (Å²) in [5.74, 6) is -0.708. The zero-order chi connectivity index (χ0) is 16.7. The molecule has 0 aliphatic carbocycles. The SMILES string of the molecule is NC(=O)NC(=O)CCN(Cc1cccc(F)c1)C[C@H]1CCCO1. The highest BCUT2D eigenvalue weighted by Crippen LogP contribution is 2.15. The Labute approximate surface area is 134 Å². The molecule has 3 N–H and O–H groups in total. The van der Waals surface area contributed by atoms with E-state index < -0.39 is 11.9 Å². The van der Waals surface area contributed by atoms with E-state index in [-0.39, 0.29) is 18.3 Å². The second kappa shape index (κ2) is 8.59. The molecule has 1 saturated heterocycles. The number of carbonyl (C=O) groups excluding carboxylic acids is 2. The average molecular weight is 323 g/mol. The van der Waals surface area contributed by atoms with Gasteiger partial charge >= 0.3 is 6.03 Å². The Hall–Kier alpha value is -1.99.